The molecule has 106 valence electrons. The van der Waals surface area contributed by atoms with Crippen molar-refractivity contribution in [2.24, 2.45) is 0 Å². The Morgan fingerprint density at radius 2 is 2.05 bits per heavy atom. The molecule has 3 nitrogen and oxygen atoms in total. The Hall–Kier alpha value is -1.00. The van der Waals surface area contributed by atoms with Gasteiger partial charge in [0, 0.05) is 11.5 Å². The van der Waals surface area contributed by atoms with Gasteiger partial charge in [0.15, 0.2) is 0 Å². The summed E-state index contributed by atoms with van der Waals surface area (Å²) in [6.45, 7) is 7.16. The molecule has 0 saturated heterocycles. The van der Waals surface area contributed by atoms with Gasteiger partial charge in [0.1, 0.15) is 5.44 Å². The zero-order valence-corrected chi connectivity index (χ0v) is 12.7. The summed E-state index contributed by atoms with van der Waals surface area (Å²) in [4.78, 5) is 12.9. The molecule has 4 heteroatoms. The first-order valence-electron chi connectivity index (χ1n) is 6.73. The summed E-state index contributed by atoms with van der Waals surface area (Å²) in [5.74, 6) is -0.250. The summed E-state index contributed by atoms with van der Waals surface area (Å²) in [5, 5.41) is 0. The van der Waals surface area contributed by atoms with E-state index in [1.807, 2.05) is 32.0 Å². The SMILES string of the molecule is CCCCOC(=O)c1ccccc1SC(C)OCC. The van der Waals surface area contributed by atoms with Crippen molar-refractivity contribution < 1.29 is 14.3 Å². The minimum absolute atomic E-state index is 0.0228. The van der Waals surface area contributed by atoms with Gasteiger partial charge in [-0.05, 0) is 32.4 Å². The minimum Gasteiger partial charge on any atom is -0.462 e. The second-order valence-electron chi connectivity index (χ2n) is 4.13. The molecule has 0 aliphatic heterocycles. The van der Waals surface area contributed by atoms with Gasteiger partial charge < -0.3 is 9.47 Å². The Bertz CT molecular complexity index is 393. The second kappa shape index (κ2) is 8.99. The van der Waals surface area contributed by atoms with Crippen LogP contribution in [0.1, 0.15) is 44.0 Å². The van der Waals surface area contributed by atoms with Gasteiger partial charge in [0.05, 0.1) is 12.2 Å². The van der Waals surface area contributed by atoms with Crippen LogP contribution in [0, 0.1) is 0 Å². The van der Waals surface area contributed by atoms with Gasteiger partial charge in [-0.15, -0.1) is 0 Å². The van der Waals surface area contributed by atoms with Crippen molar-refractivity contribution in [3.63, 3.8) is 0 Å². The molecule has 0 aliphatic rings. The Kier molecular flexibility index (Phi) is 7.60. The predicted molar refractivity (Wildman–Crippen MR) is 78.6 cm³/mol. The number of rotatable bonds is 8. The van der Waals surface area contributed by atoms with Crippen molar-refractivity contribution >= 4 is 17.7 Å². The molecule has 1 aromatic rings. The van der Waals surface area contributed by atoms with Crippen molar-refractivity contribution in [1.82, 2.24) is 0 Å². The molecule has 1 atom stereocenters. The van der Waals surface area contributed by atoms with Crippen molar-refractivity contribution in [1.29, 1.82) is 0 Å². The maximum Gasteiger partial charge on any atom is 0.339 e. The summed E-state index contributed by atoms with van der Waals surface area (Å²) in [6.07, 6.45) is 1.92. The smallest absolute Gasteiger partial charge is 0.339 e. The van der Waals surface area contributed by atoms with Gasteiger partial charge in [-0.1, -0.05) is 37.2 Å². The third-order valence-corrected chi connectivity index (χ3v) is 3.61. The third kappa shape index (κ3) is 5.66. The lowest BCUT2D eigenvalue weighted by Gasteiger charge is -2.13. The van der Waals surface area contributed by atoms with E-state index in [0.29, 0.717) is 18.8 Å². The highest BCUT2D eigenvalue weighted by molar-refractivity contribution is 7.99. The fourth-order valence-corrected chi connectivity index (χ4v) is 2.57. The number of hydrogen-bond donors (Lipinski definition) is 0. The van der Waals surface area contributed by atoms with Crippen LogP contribution in [0.3, 0.4) is 0 Å². The molecular weight excluding hydrogens is 260 g/mol. The van der Waals surface area contributed by atoms with Crippen LogP contribution in [0.15, 0.2) is 29.2 Å². The summed E-state index contributed by atoms with van der Waals surface area (Å²) < 4.78 is 10.7. The van der Waals surface area contributed by atoms with Crippen molar-refractivity contribution in [3.05, 3.63) is 29.8 Å². The zero-order valence-electron chi connectivity index (χ0n) is 11.8. The van der Waals surface area contributed by atoms with E-state index < -0.39 is 0 Å². The average Bonchev–Trinajstić information content (AvgIpc) is 2.39. The molecule has 1 rings (SSSR count). The van der Waals surface area contributed by atoms with Gasteiger partial charge in [0.2, 0.25) is 0 Å². The summed E-state index contributed by atoms with van der Waals surface area (Å²) in [6, 6.07) is 7.50. The van der Waals surface area contributed by atoms with E-state index in [2.05, 4.69) is 6.92 Å². The number of hydrogen-bond acceptors (Lipinski definition) is 4. The molecule has 19 heavy (non-hydrogen) atoms. The van der Waals surface area contributed by atoms with Gasteiger partial charge in [-0.25, -0.2) is 4.79 Å². The highest BCUT2D eigenvalue weighted by atomic mass is 32.2. The fourth-order valence-electron chi connectivity index (χ4n) is 1.57. The maximum atomic E-state index is 12.0. The molecule has 0 saturated carbocycles. The molecule has 1 unspecified atom stereocenters. The monoisotopic (exact) mass is 282 g/mol. The topological polar surface area (TPSA) is 35.5 Å². The summed E-state index contributed by atoms with van der Waals surface area (Å²) in [7, 11) is 0. The molecule has 0 fully saturated rings. The van der Waals surface area contributed by atoms with Crippen molar-refractivity contribution in [2.75, 3.05) is 13.2 Å². The zero-order chi connectivity index (χ0) is 14.1. The molecule has 0 heterocycles. The fraction of sp³-hybridized carbons (Fsp3) is 0.533. The lowest BCUT2D eigenvalue weighted by Crippen LogP contribution is -2.09. The Morgan fingerprint density at radius 3 is 2.74 bits per heavy atom. The Balaban J connectivity index is 2.69. The summed E-state index contributed by atoms with van der Waals surface area (Å²) >= 11 is 1.54. The highest BCUT2D eigenvalue weighted by Gasteiger charge is 2.14. The lowest BCUT2D eigenvalue weighted by atomic mass is 10.2. The van der Waals surface area contributed by atoms with Crippen LogP contribution in [-0.4, -0.2) is 24.6 Å². The van der Waals surface area contributed by atoms with E-state index >= 15 is 0 Å². The van der Waals surface area contributed by atoms with E-state index in [1.165, 1.54) is 11.8 Å². The van der Waals surface area contributed by atoms with Crippen molar-refractivity contribution in [2.45, 2.75) is 43.9 Å². The molecule has 0 aliphatic carbocycles. The average molecular weight is 282 g/mol. The highest BCUT2D eigenvalue weighted by Crippen LogP contribution is 2.27. The number of unbranched alkanes of at least 4 members (excludes halogenated alkanes) is 1. The second-order valence-corrected chi connectivity index (χ2v) is 5.47. The van der Waals surface area contributed by atoms with E-state index in [1.54, 1.807) is 6.07 Å². The van der Waals surface area contributed by atoms with Crippen LogP contribution in [0.4, 0.5) is 0 Å². The molecule has 0 N–H and O–H groups in total. The normalized spacial score (nSPS) is 12.2. The predicted octanol–water partition coefficient (Wildman–Crippen LogP) is 4.12. The number of thioether (sulfide) groups is 1. The first kappa shape index (κ1) is 16.1. The maximum absolute atomic E-state index is 12.0. The van der Waals surface area contributed by atoms with Crippen molar-refractivity contribution in [3.8, 4) is 0 Å². The van der Waals surface area contributed by atoms with E-state index in [0.717, 1.165) is 17.7 Å². The first-order valence-corrected chi connectivity index (χ1v) is 7.61. The van der Waals surface area contributed by atoms with Crippen LogP contribution in [0.2, 0.25) is 0 Å². The molecule has 0 amide bonds. The van der Waals surface area contributed by atoms with Crippen LogP contribution in [-0.2, 0) is 9.47 Å². The van der Waals surface area contributed by atoms with Crippen LogP contribution in [0.25, 0.3) is 0 Å². The molecule has 0 spiro atoms. The van der Waals surface area contributed by atoms with E-state index in [-0.39, 0.29) is 11.4 Å². The van der Waals surface area contributed by atoms with E-state index in [4.69, 9.17) is 9.47 Å². The van der Waals surface area contributed by atoms with Gasteiger partial charge in [-0.3, -0.25) is 0 Å². The molecule has 0 radical (unpaired) electrons. The summed E-state index contributed by atoms with van der Waals surface area (Å²) in [5.41, 5.74) is 0.643. The van der Waals surface area contributed by atoms with Crippen LogP contribution >= 0.6 is 11.8 Å². The molecule has 0 aromatic heterocycles. The number of ether oxygens (including phenoxy) is 2. The molecule has 1 aromatic carbocycles. The number of carbonyl (C=O) groups is 1. The van der Waals surface area contributed by atoms with Gasteiger partial charge >= 0.3 is 5.97 Å². The van der Waals surface area contributed by atoms with Crippen LogP contribution in [0.5, 0.6) is 0 Å². The quantitative estimate of drug-likeness (QED) is 0.311. The lowest BCUT2D eigenvalue weighted by molar-refractivity contribution is 0.0495. The number of carbonyl (C=O) groups excluding carboxylic acids is 1. The molecule has 0 bridgehead atoms. The first-order chi connectivity index (χ1) is 9.19. The minimum atomic E-state index is -0.250. The van der Waals surface area contributed by atoms with Gasteiger partial charge in [-0.2, -0.15) is 0 Å². The number of benzene rings is 1. The molecular formula is C15H22O3S. The van der Waals surface area contributed by atoms with E-state index in [9.17, 15) is 4.79 Å². The standard InChI is InChI=1S/C15H22O3S/c1-4-6-11-18-15(16)13-9-7-8-10-14(13)19-12(3)17-5-2/h7-10,12H,4-6,11H2,1-3H3. The Morgan fingerprint density at radius 1 is 1.32 bits per heavy atom. The Labute approximate surface area is 119 Å². The third-order valence-electron chi connectivity index (χ3n) is 2.53. The van der Waals surface area contributed by atoms with Gasteiger partial charge in [0.25, 0.3) is 0 Å². The number of esters is 1. The largest absolute Gasteiger partial charge is 0.462 e. The van der Waals surface area contributed by atoms with Crippen LogP contribution < -0.4 is 0 Å².